The van der Waals surface area contributed by atoms with Gasteiger partial charge in [0.15, 0.2) is 17.6 Å². The summed E-state index contributed by atoms with van der Waals surface area (Å²) >= 11 is 12.8. The van der Waals surface area contributed by atoms with Crippen LogP contribution >= 0.6 is 23.2 Å². The predicted molar refractivity (Wildman–Crippen MR) is 134 cm³/mol. The van der Waals surface area contributed by atoms with Gasteiger partial charge in [-0.25, -0.2) is 19.6 Å². The molecule has 0 unspecified atom stereocenters. The first-order valence-electron chi connectivity index (χ1n) is 11.1. The van der Waals surface area contributed by atoms with Gasteiger partial charge in [-0.3, -0.25) is 14.7 Å². The molecule has 1 atom stereocenters. The summed E-state index contributed by atoms with van der Waals surface area (Å²) in [5.74, 6) is 0.141. The lowest BCUT2D eigenvalue weighted by molar-refractivity contribution is -0.125. The number of nitrogens with zero attached hydrogens (tertiary/aromatic N) is 7. The van der Waals surface area contributed by atoms with Gasteiger partial charge < -0.3 is 14.8 Å². The zero-order valence-electron chi connectivity index (χ0n) is 19.4. The molecule has 4 aromatic rings. The number of benzene rings is 1. The first kappa shape index (κ1) is 24.3. The Labute approximate surface area is 216 Å². The van der Waals surface area contributed by atoms with Crippen LogP contribution in [0.5, 0.6) is 5.88 Å². The van der Waals surface area contributed by atoms with Crippen LogP contribution < -0.4 is 10.1 Å². The van der Waals surface area contributed by atoms with Crippen molar-refractivity contribution in [1.29, 1.82) is 0 Å². The van der Waals surface area contributed by atoms with Gasteiger partial charge in [0.05, 0.1) is 40.4 Å². The minimum Gasteiger partial charge on any atom is -0.462 e. The van der Waals surface area contributed by atoms with Crippen molar-refractivity contribution < 1.29 is 14.3 Å². The molecular weight excluding hydrogens is 507 g/mol. The molecule has 1 aliphatic rings. The molecule has 4 heterocycles. The zero-order chi connectivity index (χ0) is 25.2. The molecule has 0 radical (unpaired) electrons. The van der Waals surface area contributed by atoms with E-state index in [4.69, 9.17) is 32.7 Å². The van der Waals surface area contributed by atoms with E-state index in [1.807, 2.05) is 6.92 Å². The molecule has 11 nitrogen and oxygen atoms in total. The maximum absolute atomic E-state index is 13.2. The van der Waals surface area contributed by atoms with Gasteiger partial charge in [0.1, 0.15) is 17.4 Å². The SMILES string of the molecule is COC1CN(C[C@H](Oc2ncnc3c2cnn3-c2c(Cl)cccc2Cl)C(=O)Nc2cnc(C)cn2)C1. The molecule has 1 saturated heterocycles. The Kier molecular flexibility index (Phi) is 6.97. The summed E-state index contributed by atoms with van der Waals surface area (Å²) in [4.78, 5) is 32.3. The van der Waals surface area contributed by atoms with Crippen molar-refractivity contribution in [2.45, 2.75) is 19.1 Å². The van der Waals surface area contributed by atoms with E-state index in [1.165, 1.54) is 17.2 Å². The summed E-state index contributed by atoms with van der Waals surface area (Å²) in [6, 6.07) is 5.17. The number of carbonyl (C=O) groups excluding carboxylic acids is 1. The molecule has 3 aromatic heterocycles. The Morgan fingerprint density at radius 2 is 1.92 bits per heavy atom. The van der Waals surface area contributed by atoms with Crippen molar-refractivity contribution in [1.82, 2.24) is 34.6 Å². The highest BCUT2D eigenvalue weighted by molar-refractivity contribution is 6.37. The van der Waals surface area contributed by atoms with Crippen LogP contribution in [0.15, 0.2) is 43.1 Å². The lowest BCUT2D eigenvalue weighted by atomic mass is 10.1. The van der Waals surface area contributed by atoms with Crippen LogP contribution in [-0.2, 0) is 9.53 Å². The molecule has 0 bridgehead atoms. The molecule has 13 heteroatoms. The molecule has 0 aliphatic carbocycles. The van der Waals surface area contributed by atoms with E-state index in [9.17, 15) is 4.79 Å². The van der Waals surface area contributed by atoms with Crippen molar-refractivity contribution >= 4 is 46.0 Å². The maximum atomic E-state index is 13.2. The summed E-state index contributed by atoms with van der Waals surface area (Å²) in [5.41, 5.74) is 1.66. The molecule has 186 valence electrons. The fourth-order valence-corrected chi connectivity index (χ4v) is 4.36. The third kappa shape index (κ3) is 4.96. The summed E-state index contributed by atoms with van der Waals surface area (Å²) in [6.07, 6.45) is 5.18. The van der Waals surface area contributed by atoms with Crippen molar-refractivity contribution in [3.63, 3.8) is 0 Å². The highest BCUT2D eigenvalue weighted by atomic mass is 35.5. The van der Waals surface area contributed by atoms with E-state index < -0.39 is 6.10 Å². The average molecular weight is 529 g/mol. The number of ether oxygens (including phenoxy) is 2. The number of likely N-dealkylation sites (tertiary alicyclic amines) is 1. The molecule has 5 rings (SSSR count). The summed E-state index contributed by atoms with van der Waals surface area (Å²) in [7, 11) is 1.67. The summed E-state index contributed by atoms with van der Waals surface area (Å²) in [6.45, 7) is 3.52. The van der Waals surface area contributed by atoms with Gasteiger partial charge in [-0.05, 0) is 19.1 Å². The largest absolute Gasteiger partial charge is 0.462 e. The van der Waals surface area contributed by atoms with E-state index in [0.717, 1.165) is 5.69 Å². The normalized spacial score (nSPS) is 15.0. The Hall–Kier alpha value is -3.38. The fraction of sp³-hybridized carbons (Fsp3) is 0.304. The number of hydrogen-bond acceptors (Lipinski definition) is 9. The smallest absolute Gasteiger partial charge is 0.268 e. The monoisotopic (exact) mass is 528 g/mol. The highest BCUT2D eigenvalue weighted by Crippen LogP contribution is 2.32. The topological polar surface area (TPSA) is 120 Å². The molecule has 1 amide bonds. The number of carbonyl (C=O) groups is 1. The Morgan fingerprint density at radius 3 is 2.61 bits per heavy atom. The first-order valence-corrected chi connectivity index (χ1v) is 11.8. The number of nitrogens with one attached hydrogen (secondary N) is 1. The van der Waals surface area contributed by atoms with Gasteiger partial charge in [-0.1, -0.05) is 29.3 Å². The number of para-hydroxylation sites is 1. The number of anilines is 1. The number of hydrogen-bond donors (Lipinski definition) is 1. The van der Waals surface area contributed by atoms with Crippen LogP contribution in [0.2, 0.25) is 10.0 Å². The third-order valence-electron chi connectivity index (χ3n) is 5.74. The number of methoxy groups -OCH3 is 1. The lowest BCUT2D eigenvalue weighted by Gasteiger charge is -2.39. The van der Waals surface area contributed by atoms with Crippen molar-refractivity contribution in [3.05, 3.63) is 58.9 Å². The van der Waals surface area contributed by atoms with Gasteiger partial charge in [0, 0.05) is 26.7 Å². The fourth-order valence-electron chi connectivity index (χ4n) is 3.80. The van der Waals surface area contributed by atoms with Gasteiger partial charge in [0.2, 0.25) is 5.88 Å². The van der Waals surface area contributed by atoms with Crippen LogP contribution in [0.3, 0.4) is 0 Å². The lowest BCUT2D eigenvalue weighted by Crippen LogP contribution is -2.56. The quantitative estimate of drug-likeness (QED) is 0.367. The van der Waals surface area contributed by atoms with E-state index in [0.29, 0.717) is 52.2 Å². The second-order valence-electron chi connectivity index (χ2n) is 8.26. The van der Waals surface area contributed by atoms with Crippen LogP contribution in [0.25, 0.3) is 16.7 Å². The average Bonchev–Trinajstić information content (AvgIpc) is 3.26. The van der Waals surface area contributed by atoms with Crippen LogP contribution in [0.1, 0.15) is 5.69 Å². The number of halogens is 2. The van der Waals surface area contributed by atoms with Gasteiger partial charge in [0.25, 0.3) is 5.91 Å². The number of aryl methyl sites for hydroxylation is 1. The summed E-state index contributed by atoms with van der Waals surface area (Å²) in [5, 5.41) is 8.50. The van der Waals surface area contributed by atoms with E-state index in [1.54, 1.807) is 37.7 Å². The zero-order valence-corrected chi connectivity index (χ0v) is 20.9. The Morgan fingerprint density at radius 1 is 1.14 bits per heavy atom. The van der Waals surface area contributed by atoms with Gasteiger partial charge >= 0.3 is 0 Å². The first-order chi connectivity index (χ1) is 17.4. The minimum absolute atomic E-state index is 0.126. The van der Waals surface area contributed by atoms with Crippen LogP contribution in [0.4, 0.5) is 5.82 Å². The van der Waals surface area contributed by atoms with E-state index in [-0.39, 0.29) is 17.9 Å². The second-order valence-corrected chi connectivity index (χ2v) is 9.07. The molecule has 0 spiro atoms. The molecule has 1 aliphatic heterocycles. The highest BCUT2D eigenvalue weighted by Gasteiger charge is 2.33. The maximum Gasteiger partial charge on any atom is 0.268 e. The molecule has 1 fully saturated rings. The Balaban J connectivity index is 1.44. The molecule has 36 heavy (non-hydrogen) atoms. The van der Waals surface area contributed by atoms with Gasteiger partial charge in [-0.2, -0.15) is 5.10 Å². The van der Waals surface area contributed by atoms with Crippen LogP contribution in [-0.4, -0.2) is 79.5 Å². The van der Waals surface area contributed by atoms with Crippen LogP contribution in [0, 0.1) is 6.92 Å². The molecule has 1 N–H and O–H groups in total. The number of fused-ring (bicyclic) bond motifs is 1. The van der Waals surface area contributed by atoms with Crippen molar-refractivity contribution in [2.75, 3.05) is 32.1 Å². The summed E-state index contributed by atoms with van der Waals surface area (Å²) < 4.78 is 13.0. The number of amides is 1. The van der Waals surface area contributed by atoms with Crippen molar-refractivity contribution in [2.24, 2.45) is 0 Å². The van der Waals surface area contributed by atoms with Crippen molar-refractivity contribution in [3.8, 4) is 11.6 Å². The Bertz CT molecular complexity index is 1370. The molecule has 1 aromatic carbocycles. The second kappa shape index (κ2) is 10.3. The third-order valence-corrected chi connectivity index (χ3v) is 6.35. The molecule has 0 saturated carbocycles. The number of rotatable bonds is 8. The predicted octanol–water partition coefficient (Wildman–Crippen LogP) is 2.94. The standard InChI is InChI=1S/C23H22Cl2N8O3/c1-13-6-27-19(8-26-13)31-22(34)18(11-32-9-14(10-32)35-2)36-23-15-7-30-33(21(15)28-12-29-23)20-16(24)4-3-5-17(20)25/h3-8,12,14,18H,9-11H2,1-2H3,(H,27,31,34)/t18-/m0/s1. The van der Waals surface area contributed by atoms with Gasteiger partial charge in [-0.15, -0.1) is 0 Å². The van der Waals surface area contributed by atoms with E-state index in [2.05, 4.69) is 35.3 Å². The van der Waals surface area contributed by atoms with E-state index >= 15 is 0 Å². The minimum atomic E-state index is -0.906. The molecular formula is C23H22Cl2N8O3. The number of aromatic nitrogens is 6.